The minimum atomic E-state index is -1.20. The van der Waals surface area contributed by atoms with Gasteiger partial charge in [-0.1, -0.05) is 5.16 Å². The fourth-order valence-corrected chi connectivity index (χ4v) is 1.27. The van der Waals surface area contributed by atoms with Crippen LogP contribution in [0.25, 0.3) is 0 Å². The molecule has 0 aliphatic rings. The van der Waals surface area contributed by atoms with E-state index in [0.29, 0.717) is 11.5 Å². The molecule has 1 heterocycles. The number of carboxylic acids is 1. The van der Waals surface area contributed by atoms with Crippen LogP contribution in [-0.2, 0) is 11.3 Å². The molecule has 0 aromatic carbocycles. The smallest absolute Gasteiger partial charge is 0.326 e. The molecule has 0 bridgehead atoms. The van der Waals surface area contributed by atoms with E-state index in [-0.39, 0.29) is 19.6 Å². The SMILES string of the molecule is Cc1cc(CNC(=O)N[C@@H](CCO)C(=O)O)no1. The Balaban J connectivity index is 2.38. The number of carboxylic acid groups (broad SMARTS) is 1. The van der Waals surface area contributed by atoms with Crippen LogP contribution in [0.5, 0.6) is 0 Å². The summed E-state index contributed by atoms with van der Waals surface area (Å²) in [7, 11) is 0. The van der Waals surface area contributed by atoms with Gasteiger partial charge in [0.1, 0.15) is 17.5 Å². The molecule has 18 heavy (non-hydrogen) atoms. The summed E-state index contributed by atoms with van der Waals surface area (Å²) < 4.78 is 4.81. The number of aliphatic hydroxyl groups is 1. The van der Waals surface area contributed by atoms with Gasteiger partial charge < -0.3 is 25.4 Å². The van der Waals surface area contributed by atoms with E-state index in [1.807, 2.05) is 0 Å². The van der Waals surface area contributed by atoms with Crippen LogP contribution in [0.3, 0.4) is 0 Å². The fourth-order valence-electron chi connectivity index (χ4n) is 1.27. The maximum atomic E-state index is 11.4. The Bertz CT molecular complexity index is 417. The first-order chi connectivity index (χ1) is 8.52. The minimum absolute atomic E-state index is 0.0498. The zero-order chi connectivity index (χ0) is 13.5. The molecule has 100 valence electrons. The Morgan fingerprint density at radius 2 is 2.28 bits per heavy atom. The standard InChI is InChI=1S/C10H15N3O5/c1-6-4-7(13-18-6)5-11-10(17)12-8(2-3-14)9(15)16/h4,8,14H,2-3,5H2,1H3,(H,15,16)(H2,11,12,17)/t8-/m0/s1. The quantitative estimate of drug-likeness (QED) is 0.550. The van der Waals surface area contributed by atoms with Crippen LogP contribution in [0.1, 0.15) is 17.9 Å². The highest BCUT2D eigenvalue weighted by Crippen LogP contribution is 2.00. The number of aryl methyl sites for hydroxylation is 1. The number of hydrogen-bond acceptors (Lipinski definition) is 5. The molecule has 0 aliphatic heterocycles. The maximum Gasteiger partial charge on any atom is 0.326 e. The predicted molar refractivity (Wildman–Crippen MR) is 59.7 cm³/mol. The van der Waals surface area contributed by atoms with E-state index in [4.69, 9.17) is 14.7 Å². The minimum Gasteiger partial charge on any atom is -0.480 e. The van der Waals surface area contributed by atoms with Gasteiger partial charge in [-0.05, 0) is 6.92 Å². The molecule has 1 aromatic rings. The highest BCUT2D eigenvalue weighted by molar-refractivity contribution is 5.82. The van der Waals surface area contributed by atoms with Crippen molar-refractivity contribution in [2.45, 2.75) is 25.9 Å². The van der Waals surface area contributed by atoms with Crippen LogP contribution in [0.4, 0.5) is 4.79 Å². The first kappa shape index (κ1) is 14.0. The lowest BCUT2D eigenvalue weighted by molar-refractivity contribution is -0.139. The first-order valence-corrected chi connectivity index (χ1v) is 5.33. The molecular weight excluding hydrogens is 242 g/mol. The van der Waals surface area contributed by atoms with Crippen molar-refractivity contribution in [1.29, 1.82) is 0 Å². The molecule has 8 heteroatoms. The van der Waals surface area contributed by atoms with E-state index in [0.717, 1.165) is 0 Å². The molecule has 0 saturated carbocycles. The Morgan fingerprint density at radius 1 is 1.56 bits per heavy atom. The normalized spacial score (nSPS) is 11.9. The lowest BCUT2D eigenvalue weighted by Gasteiger charge is -2.13. The molecule has 0 spiro atoms. The van der Waals surface area contributed by atoms with Crippen molar-refractivity contribution in [1.82, 2.24) is 15.8 Å². The van der Waals surface area contributed by atoms with Crippen LogP contribution in [0.2, 0.25) is 0 Å². The average Bonchev–Trinajstić information content (AvgIpc) is 2.72. The number of aromatic nitrogens is 1. The van der Waals surface area contributed by atoms with E-state index in [1.165, 1.54) is 0 Å². The lowest BCUT2D eigenvalue weighted by Crippen LogP contribution is -2.46. The molecule has 8 nitrogen and oxygen atoms in total. The number of amides is 2. The molecule has 0 radical (unpaired) electrons. The zero-order valence-electron chi connectivity index (χ0n) is 9.84. The van der Waals surface area contributed by atoms with Crippen LogP contribution in [0, 0.1) is 6.92 Å². The van der Waals surface area contributed by atoms with Crippen molar-refractivity contribution < 1.29 is 24.3 Å². The summed E-state index contributed by atoms with van der Waals surface area (Å²) in [5.74, 6) is -0.576. The summed E-state index contributed by atoms with van der Waals surface area (Å²) in [4.78, 5) is 22.1. The Hall–Kier alpha value is -2.09. The molecular formula is C10H15N3O5. The summed E-state index contributed by atoms with van der Waals surface area (Å²) >= 11 is 0. The maximum absolute atomic E-state index is 11.4. The van der Waals surface area contributed by atoms with Crippen molar-refractivity contribution >= 4 is 12.0 Å². The fraction of sp³-hybridized carbons (Fsp3) is 0.500. The zero-order valence-corrected chi connectivity index (χ0v) is 9.84. The second-order valence-corrected chi connectivity index (χ2v) is 3.66. The van der Waals surface area contributed by atoms with Crippen LogP contribution in [0.15, 0.2) is 10.6 Å². The number of carbonyl (C=O) groups is 2. The van der Waals surface area contributed by atoms with Crippen LogP contribution in [-0.4, -0.2) is 40.0 Å². The monoisotopic (exact) mass is 257 g/mol. The molecule has 1 rings (SSSR count). The number of aliphatic hydroxyl groups excluding tert-OH is 1. The van der Waals surface area contributed by atoms with Gasteiger partial charge in [-0.25, -0.2) is 9.59 Å². The number of nitrogens with zero attached hydrogens (tertiary/aromatic N) is 1. The van der Waals surface area contributed by atoms with E-state index >= 15 is 0 Å². The Morgan fingerprint density at radius 3 is 2.78 bits per heavy atom. The van der Waals surface area contributed by atoms with Crippen LogP contribution >= 0.6 is 0 Å². The lowest BCUT2D eigenvalue weighted by atomic mass is 10.2. The summed E-state index contributed by atoms with van der Waals surface area (Å²) in [6, 6.07) is -0.103. The molecule has 0 unspecified atom stereocenters. The summed E-state index contributed by atoms with van der Waals surface area (Å²) in [5.41, 5.74) is 0.539. The van der Waals surface area contributed by atoms with E-state index < -0.39 is 18.0 Å². The second-order valence-electron chi connectivity index (χ2n) is 3.66. The molecule has 1 atom stereocenters. The van der Waals surface area contributed by atoms with Crippen molar-refractivity contribution in [3.05, 3.63) is 17.5 Å². The predicted octanol–water partition coefficient (Wildman–Crippen LogP) is -0.382. The summed E-state index contributed by atoms with van der Waals surface area (Å²) in [6.45, 7) is 1.53. The Kier molecular flexibility index (Phi) is 5.12. The molecule has 2 amide bonds. The van der Waals surface area contributed by atoms with E-state index in [2.05, 4.69) is 15.8 Å². The summed E-state index contributed by atoms with van der Waals surface area (Å²) in [6.07, 6.45) is -0.0498. The average molecular weight is 257 g/mol. The molecule has 0 fully saturated rings. The van der Waals surface area contributed by atoms with E-state index in [1.54, 1.807) is 13.0 Å². The third-order valence-corrected chi connectivity index (χ3v) is 2.13. The number of aliphatic carboxylic acids is 1. The van der Waals surface area contributed by atoms with Gasteiger partial charge in [0.2, 0.25) is 0 Å². The van der Waals surface area contributed by atoms with Gasteiger partial charge in [-0.2, -0.15) is 0 Å². The van der Waals surface area contributed by atoms with Gasteiger partial charge in [0.15, 0.2) is 0 Å². The second kappa shape index (κ2) is 6.60. The van der Waals surface area contributed by atoms with Gasteiger partial charge in [0.25, 0.3) is 0 Å². The highest BCUT2D eigenvalue weighted by Gasteiger charge is 2.18. The number of carbonyl (C=O) groups excluding carboxylic acids is 1. The first-order valence-electron chi connectivity index (χ1n) is 5.33. The van der Waals surface area contributed by atoms with Gasteiger partial charge in [0.05, 0.1) is 6.54 Å². The van der Waals surface area contributed by atoms with Gasteiger partial charge in [0, 0.05) is 19.1 Å². The third-order valence-electron chi connectivity index (χ3n) is 2.13. The molecule has 4 N–H and O–H groups in total. The number of hydrogen-bond donors (Lipinski definition) is 4. The topological polar surface area (TPSA) is 125 Å². The van der Waals surface area contributed by atoms with Gasteiger partial charge in [-0.3, -0.25) is 0 Å². The number of nitrogens with one attached hydrogen (secondary N) is 2. The third kappa shape index (κ3) is 4.42. The molecule has 1 aromatic heterocycles. The van der Waals surface area contributed by atoms with Crippen LogP contribution < -0.4 is 10.6 Å². The number of rotatable bonds is 6. The van der Waals surface area contributed by atoms with Crippen molar-refractivity contribution in [2.24, 2.45) is 0 Å². The van der Waals surface area contributed by atoms with Gasteiger partial charge >= 0.3 is 12.0 Å². The largest absolute Gasteiger partial charge is 0.480 e. The van der Waals surface area contributed by atoms with Gasteiger partial charge in [-0.15, -0.1) is 0 Å². The molecule has 0 saturated heterocycles. The Labute approximate surface area is 103 Å². The number of urea groups is 1. The van der Waals surface area contributed by atoms with Crippen molar-refractivity contribution in [2.75, 3.05) is 6.61 Å². The molecule has 0 aliphatic carbocycles. The highest BCUT2D eigenvalue weighted by atomic mass is 16.5. The van der Waals surface area contributed by atoms with Crippen molar-refractivity contribution in [3.63, 3.8) is 0 Å². The van der Waals surface area contributed by atoms with Crippen molar-refractivity contribution in [3.8, 4) is 0 Å². The summed E-state index contributed by atoms with van der Waals surface area (Å²) in [5, 5.41) is 25.7. The van der Waals surface area contributed by atoms with E-state index in [9.17, 15) is 9.59 Å².